The Morgan fingerprint density at radius 2 is 1.73 bits per heavy atom. The summed E-state index contributed by atoms with van der Waals surface area (Å²) in [4.78, 5) is 0. The van der Waals surface area contributed by atoms with Gasteiger partial charge in [0.2, 0.25) is 0 Å². The predicted octanol–water partition coefficient (Wildman–Crippen LogP) is -2.19. The number of aliphatic hydroxyl groups excluding tert-OH is 4. The van der Waals surface area contributed by atoms with Gasteiger partial charge in [-0.2, -0.15) is 0 Å². The summed E-state index contributed by atoms with van der Waals surface area (Å²) in [5, 5.41) is 35.8. The van der Waals surface area contributed by atoms with E-state index in [1.807, 2.05) is 0 Å². The Labute approximate surface area is 63.8 Å². The van der Waals surface area contributed by atoms with Crippen molar-refractivity contribution in [2.24, 2.45) is 0 Å². The van der Waals surface area contributed by atoms with Gasteiger partial charge in [0.15, 0.2) is 6.29 Å². The highest BCUT2D eigenvalue weighted by molar-refractivity contribution is 4.88. The fourth-order valence-corrected chi connectivity index (χ4v) is 1.08. The van der Waals surface area contributed by atoms with Gasteiger partial charge in [0.1, 0.15) is 18.3 Å². The molecule has 0 aromatic rings. The van der Waals surface area contributed by atoms with Gasteiger partial charge in [-0.15, -0.1) is 0 Å². The van der Waals surface area contributed by atoms with Crippen molar-refractivity contribution in [3.05, 3.63) is 0 Å². The number of ether oxygens (including phenoxy) is 1. The van der Waals surface area contributed by atoms with Gasteiger partial charge in [0, 0.05) is 0 Å². The third-order valence-electron chi connectivity index (χ3n) is 1.75. The number of aliphatic hydroxyl groups is 4. The average molecular weight is 164 g/mol. The molecule has 1 aliphatic heterocycles. The summed E-state index contributed by atoms with van der Waals surface area (Å²) in [5.74, 6) is 0. The molecule has 11 heavy (non-hydrogen) atoms. The summed E-state index contributed by atoms with van der Waals surface area (Å²) in [6, 6.07) is 0. The van der Waals surface area contributed by atoms with Crippen molar-refractivity contribution in [2.45, 2.75) is 37.6 Å². The zero-order valence-corrected chi connectivity index (χ0v) is 6.08. The fraction of sp³-hybridized carbons (Fsp3) is 1.00. The van der Waals surface area contributed by atoms with Crippen molar-refractivity contribution in [3.63, 3.8) is 0 Å². The predicted molar refractivity (Wildman–Crippen MR) is 34.6 cm³/mol. The zero-order valence-electron chi connectivity index (χ0n) is 6.08. The van der Waals surface area contributed by atoms with Gasteiger partial charge in [-0.1, -0.05) is 0 Å². The maximum atomic E-state index is 9.10. The summed E-state index contributed by atoms with van der Waals surface area (Å²) < 4.78 is 4.65. The summed E-state index contributed by atoms with van der Waals surface area (Å²) in [7, 11) is 0. The van der Waals surface area contributed by atoms with Gasteiger partial charge >= 0.3 is 0 Å². The van der Waals surface area contributed by atoms with Gasteiger partial charge < -0.3 is 25.2 Å². The third kappa shape index (κ3) is 1.52. The first kappa shape index (κ1) is 8.89. The van der Waals surface area contributed by atoms with Crippen LogP contribution in [0.5, 0.6) is 0 Å². The second kappa shape index (κ2) is 3.04. The fourth-order valence-electron chi connectivity index (χ4n) is 1.08. The van der Waals surface area contributed by atoms with E-state index in [4.69, 9.17) is 20.4 Å². The van der Waals surface area contributed by atoms with E-state index in [2.05, 4.69) is 4.74 Å². The average Bonchev–Trinajstić information content (AvgIpc) is 2.17. The normalized spacial score (nSPS) is 47.7. The summed E-state index contributed by atoms with van der Waals surface area (Å²) in [5.41, 5.74) is 0. The lowest BCUT2D eigenvalue weighted by molar-refractivity contribution is -0.143. The molecule has 1 saturated heterocycles. The lowest BCUT2D eigenvalue weighted by atomic mass is 10.1. The van der Waals surface area contributed by atoms with Crippen molar-refractivity contribution in [1.82, 2.24) is 0 Å². The molecule has 0 aliphatic carbocycles. The second-order valence-corrected chi connectivity index (χ2v) is 2.71. The van der Waals surface area contributed by atoms with Crippen LogP contribution in [0.15, 0.2) is 0 Å². The first-order valence-electron chi connectivity index (χ1n) is 3.41. The quantitative estimate of drug-likeness (QED) is 0.353. The van der Waals surface area contributed by atoms with Crippen molar-refractivity contribution in [3.8, 4) is 0 Å². The summed E-state index contributed by atoms with van der Waals surface area (Å²) >= 11 is 0. The molecule has 1 aliphatic rings. The molecule has 0 aromatic heterocycles. The van der Waals surface area contributed by atoms with E-state index in [1.54, 1.807) is 0 Å². The topological polar surface area (TPSA) is 90.2 Å². The molecule has 5 heteroatoms. The molecule has 5 nitrogen and oxygen atoms in total. The Hall–Kier alpha value is -0.200. The lowest BCUT2D eigenvalue weighted by Gasteiger charge is -2.16. The summed E-state index contributed by atoms with van der Waals surface area (Å²) in [6.07, 6.45) is -5.75. The zero-order chi connectivity index (χ0) is 8.59. The number of hydrogen-bond acceptors (Lipinski definition) is 5. The second-order valence-electron chi connectivity index (χ2n) is 2.71. The molecule has 0 aromatic carbocycles. The molecule has 66 valence electrons. The highest BCUT2D eigenvalue weighted by Crippen LogP contribution is 2.21. The van der Waals surface area contributed by atoms with E-state index in [1.165, 1.54) is 6.92 Å². The molecule has 4 N–H and O–H groups in total. The summed E-state index contributed by atoms with van der Waals surface area (Å²) in [6.45, 7) is 1.42. The van der Waals surface area contributed by atoms with Gasteiger partial charge in [0.25, 0.3) is 0 Å². The Morgan fingerprint density at radius 3 is 1.91 bits per heavy atom. The van der Waals surface area contributed by atoms with Crippen molar-refractivity contribution >= 4 is 0 Å². The Balaban J connectivity index is 2.59. The molecule has 0 bridgehead atoms. The van der Waals surface area contributed by atoms with Crippen LogP contribution in [0.4, 0.5) is 0 Å². The SMILES string of the molecule is CC(O)[C@@H]1O[C@H](O)[C@H](O)[C@@H]1O. The lowest BCUT2D eigenvalue weighted by Crippen LogP contribution is -2.37. The number of rotatable bonds is 1. The van der Waals surface area contributed by atoms with E-state index in [0.29, 0.717) is 0 Å². The standard InChI is InChI=1S/C6H12O5/c1-2(7)5-3(8)4(9)6(10)11-5/h2-10H,1H3/t2?,3-,4+,5-,6-/m0/s1. The Morgan fingerprint density at radius 1 is 1.18 bits per heavy atom. The van der Waals surface area contributed by atoms with Crippen molar-refractivity contribution in [2.75, 3.05) is 0 Å². The van der Waals surface area contributed by atoms with Crippen LogP contribution in [0, 0.1) is 0 Å². The molecule has 1 rings (SSSR count). The smallest absolute Gasteiger partial charge is 0.184 e. The van der Waals surface area contributed by atoms with E-state index < -0.39 is 30.7 Å². The molecule has 1 unspecified atom stereocenters. The molecule has 0 spiro atoms. The van der Waals surface area contributed by atoms with Crippen LogP contribution in [0.25, 0.3) is 0 Å². The minimum atomic E-state index is -1.40. The van der Waals surface area contributed by atoms with Crippen molar-refractivity contribution in [1.29, 1.82) is 0 Å². The third-order valence-corrected chi connectivity index (χ3v) is 1.75. The van der Waals surface area contributed by atoms with Crippen LogP contribution in [0.2, 0.25) is 0 Å². The van der Waals surface area contributed by atoms with Gasteiger partial charge in [0.05, 0.1) is 6.10 Å². The van der Waals surface area contributed by atoms with Crippen LogP contribution in [0.1, 0.15) is 6.92 Å². The highest BCUT2D eigenvalue weighted by atomic mass is 16.6. The molecule has 1 heterocycles. The van der Waals surface area contributed by atoms with Crippen molar-refractivity contribution < 1.29 is 25.2 Å². The van der Waals surface area contributed by atoms with Crippen LogP contribution < -0.4 is 0 Å². The minimum Gasteiger partial charge on any atom is -0.391 e. The Bertz CT molecular complexity index is 137. The molecule has 0 radical (unpaired) electrons. The molecule has 5 atom stereocenters. The molecule has 0 saturated carbocycles. The van der Waals surface area contributed by atoms with Crippen LogP contribution in [-0.2, 0) is 4.74 Å². The molecular weight excluding hydrogens is 152 g/mol. The highest BCUT2D eigenvalue weighted by Gasteiger charge is 2.43. The first-order chi connectivity index (χ1) is 5.04. The van der Waals surface area contributed by atoms with E-state index >= 15 is 0 Å². The van der Waals surface area contributed by atoms with Gasteiger partial charge in [-0.3, -0.25) is 0 Å². The van der Waals surface area contributed by atoms with E-state index in [9.17, 15) is 0 Å². The van der Waals surface area contributed by atoms with Crippen LogP contribution >= 0.6 is 0 Å². The molecule has 0 amide bonds. The molecular formula is C6H12O5. The largest absolute Gasteiger partial charge is 0.391 e. The van der Waals surface area contributed by atoms with E-state index in [0.717, 1.165) is 0 Å². The van der Waals surface area contributed by atoms with Crippen LogP contribution in [-0.4, -0.2) is 51.1 Å². The molecule has 1 fully saturated rings. The van der Waals surface area contributed by atoms with Gasteiger partial charge in [-0.05, 0) is 6.92 Å². The Kier molecular flexibility index (Phi) is 2.46. The minimum absolute atomic E-state index is 0.903. The van der Waals surface area contributed by atoms with E-state index in [-0.39, 0.29) is 0 Å². The maximum absolute atomic E-state index is 9.10. The number of hydrogen-bond donors (Lipinski definition) is 4. The monoisotopic (exact) mass is 164 g/mol. The maximum Gasteiger partial charge on any atom is 0.184 e. The van der Waals surface area contributed by atoms with Crippen LogP contribution in [0.3, 0.4) is 0 Å². The van der Waals surface area contributed by atoms with Gasteiger partial charge in [-0.25, -0.2) is 0 Å². The first-order valence-corrected chi connectivity index (χ1v) is 3.41.